The first-order chi connectivity index (χ1) is 12.9. The van der Waals surface area contributed by atoms with Gasteiger partial charge in [-0.1, -0.05) is 0 Å². The van der Waals surface area contributed by atoms with Crippen LogP contribution in [0.3, 0.4) is 0 Å². The lowest BCUT2D eigenvalue weighted by Gasteiger charge is -2.35. The second-order valence-electron chi connectivity index (χ2n) is 7.92. The minimum absolute atomic E-state index is 0. The van der Waals surface area contributed by atoms with Gasteiger partial charge in [0.25, 0.3) is 0 Å². The molecule has 0 aromatic heterocycles. The molecule has 2 bridgehead atoms. The van der Waals surface area contributed by atoms with Gasteiger partial charge in [-0.15, -0.1) is 12.4 Å². The minimum atomic E-state index is -3.64. The van der Waals surface area contributed by atoms with E-state index in [2.05, 4.69) is 5.32 Å². The highest BCUT2D eigenvalue weighted by Gasteiger charge is 2.36. The Morgan fingerprint density at radius 2 is 1.61 bits per heavy atom. The van der Waals surface area contributed by atoms with E-state index in [0.717, 1.165) is 25.0 Å². The topological polar surface area (TPSA) is 69.7 Å². The Morgan fingerprint density at radius 1 is 1.04 bits per heavy atom. The number of piperazine rings is 1. The fraction of sp³-hybridized carbons (Fsp3) is 0.632. The van der Waals surface area contributed by atoms with Crippen molar-refractivity contribution in [2.45, 2.75) is 49.1 Å². The van der Waals surface area contributed by atoms with Crippen molar-refractivity contribution in [1.29, 1.82) is 0 Å². The smallest absolute Gasteiger partial charge is 0.243 e. The molecule has 3 heterocycles. The molecule has 156 valence electrons. The van der Waals surface area contributed by atoms with Crippen LogP contribution in [0.5, 0.6) is 0 Å². The number of rotatable bonds is 4. The summed E-state index contributed by atoms with van der Waals surface area (Å²) in [5.74, 6) is 0.119. The second kappa shape index (κ2) is 8.65. The van der Waals surface area contributed by atoms with Gasteiger partial charge >= 0.3 is 0 Å². The molecule has 3 fully saturated rings. The molecule has 3 saturated heterocycles. The zero-order valence-corrected chi connectivity index (χ0v) is 17.4. The molecule has 3 aliphatic heterocycles. The summed E-state index contributed by atoms with van der Waals surface area (Å²) in [4.78, 5) is 14.5. The number of amides is 1. The van der Waals surface area contributed by atoms with Crippen LogP contribution in [-0.2, 0) is 14.8 Å². The largest absolute Gasteiger partial charge is 0.340 e. The molecule has 0 spiro atoms. The van der Waals surface area contributed by atoms with Crippen molar-refractivity contribution in [3.05, 3.63) is 30.1 Å². The lowest BCUT2D eigenvalue weighted by atomic mass is 9.89. The first-order valence-corrected chi connectivity index (χ1v) is 11.2. The molecule has 28 heavy (non-hydrogen) atoms. The van der Waals surface area contributed by atoms with E-state index in [-0.39, 0.29) is 36.3 Å². The Labute approximate surface area is 171 Å². The van der Waals surface area contributed by atoms with E-state index in [0.29, 0.717) is 37.5 Å². The number of nitrogens with one attached hydrogen (secondary N) is 1. The molecule has 1 N–H and O–H groups in total. The van der Waals surface area contributed by atoms with Crippen LogP contribution in [-0.4, -0.2) is 61.8 Å². The van der Waals surface area contributed by atoms with Crippen LogP contribution in [0.4, 0.5) is 4.39 Å². The van der Waals surface area contributed by atoms with Gasteiger partial charge in [-0.25, -0.2) is 12.8 Å². The van der Waals surface area contributed by atoms with Crippen LogP contribution in [0.2, 0.25) is 0 Å². The van der Waals surface area contributed by atoms with Gasteiger partial charge in [-0.2, -0.15) is 4.31 Å². The van der Waals surface area contributed by atoms with Crippen LogP contribution in [0.15, 0.2) is 29.2 Å². The van der Waals surface area contributed by atoms with Gasteiger partial charge in [0, 0.05) is 44.7 Å². The summed E-state index contributed by atoms with van der Waals surface area (Å²) in [6.07, 6.45) is 5.15. The van der Waals surface area contributed by atoms with Crippen molar-refractivity contribution >= 4 is 28.3 Å². The molecule has 9 heteroatoms. The van der Waals surface area contributed by atoms with E-state index < -0.39 is 15.8 Å². The average molecular weight is 432 g/mol. The molecule has 6 nitrogen and oxygen atoms in total. The fourth-order valence-corrected chi connectivity index (χ4v) is 6.07. The number of fused-ring (bicyclic) bond motifs is 2. The number of halogens is 2. The van der Waals surface area contributed by atoms with Crippen LogP contribution < -0.4 is 5.32 Å². The van der Waals surface area contributed by atoms with Crippen molar-refractivity contribution in [2.24, 2.45) is 5.92 Å². The van der Waals surface area contributed by atoms with Crippen LogP contribution in [0.25, 0.3) is 0 Å². The van der Waals surface area contributed by atoms with E-state index in [1.807, 2.05) is 0 Å². The van der Waals surface area contributed by atoms with Gasteiger partial charge in [0.15, 0.2) is 0 Å². The van der Waals surface area contributed by atoms with Gasteiger partial charge in [0.05, 0.1) is 4.90 Å². The summed E-state index contributed by atoms with van der Waals surface area (Å²) < 4.78 is 39.8. The molecule has 0 saturated carbocycles. The first-order valence-electron chi connectivity index (χ1n) is 9.71. The lowest BCUT2D eigenvalue weighted by molar-refractivity contribution is -0.133. The Balaban J connectivity index is 0.00000225. The SMILES string of the molecule is Cl.O=C(CC1CC2CCC(C1)N2)N1CCN(S(=O)(=O)c2ccc(F)cc2)CC1. The maximum absolute atomic E-state index is 13.0. The Hall–Kier alpha value is -1.22. The third kappa shape index (κ3) is 4.50. The molecule has 0 radical (unpaired) electrons. The van der Waals surface area contributed by atoms with Crippen molar-refractivity contribution in [2.75, 3.05) is 26.2 Å². The molecule has 3 aliphatic rings. The predicted molar refractivity (Wildman–Crippen MR) is 106 cm³/mol. The number of hydrogen-bond acceptors (Lipinski definition) is 4. The summed E-state index contributed by atoms with van der Waals surface area (Å²) >= 11 is 0. The molecule has 4 rings (SSSR count). The van der Waals surface area contributed by atoms with E-state index in [4.69, 9.17) is 0 Å². The molecule has 1 aromatic rings. The van der Waals surface area contributed by atoms with Crippen molar-refractivity contribution in [3.63, 3.8) is 0 Å². The summed E-state index contributed by atoms with van der Waals surface area (Å²) in [5, 5.41) is 3.59. The summed E-state index contributed by atoms with van der Waals surface area (Å²) in [5.41, 5.74) is 0. The maximum atomic E-state index is 13.0. The van der Waals surface area contributed by atoms with Gasteiger partial charge in [0.2, 0.25) is 15.9 Å². The van der Waals surface area contributed by atoms with E-state index in [1.165, 1.54) is 29.3 Å². The molecule has 1 aromatic carbocycles. The van der Waals surface area contributed by atoms with Crippen molar-refractivity contribution in [1.82, 2.24) is 14.5 Å². The second-order valence-corrected chi connectivity index (χ2v) is 9.86. The highest BCUT2D eigenvalue weighted by molar-refractivity contribution is 7.89. The van der Waals surface area contributed by atoms with E-state index in [1.54, 1.807) is 4.90 Å². The number of nitrogens with zero attached hydrogens (tertiary/aromatic N) is 2. The van der Waals surface area contributed by atoms with Crippen LogP contribution in [0, 0.1) is 11.7 Å². The Bertz CT molecular complexity index is 785. The first kappa shape index (κ1) is 21.5. The van der Waals surface area contributed by atoms with Crippen molar-refractivity contribution < 1.29 is 17.6 Å². The lowest BCUT2D eigenvalue weighted by Crippen LogP contribution is -2.51. The Kier molecular flexibility index (Phi) is 6.64. The third-order valence-corrected chi connectivity index (χ3v) is 7.99. The number of hydrogen-bond donors (Lipinski definition) is 1. The molecule has 2 atom stereocenters. The number of benzene rings is 1. The normalized spacial score (nSPS) is 28.0. The maximum Gasteiger partial charge on any atom is 0.243 e. The molecule has 1 amide bonds. The third-order valence-electron chi connectivity index (χ3n) is 6.08. The molecule has 2 unspecified atom stereocenters. The van der Waals surface area contributed by atoms with Crippen molar-refractivity contribution in [3.8, 4) is 0 Å². The quantitative estimate of drug-likeness (QED) is 0.791. The Morgan fingerprint density at radius 3 is 2.18 bits per heavy atom. The van der Waals surface area contributed by atoms with Crippen LogP contribution >= 0.6 is 12.4 Å². The molecule has 0 aliphatic carbocycles. The summed E-state index contributed by atoms with van der Waals surface area (Å²) in [6.45, 7) is 1.39. The number of sulfonamides is 1. The molecular weight excluding hydrogens is 405 g/mol. The number of carbonyl (C=O) groups excluding carboxylic acids is 1. The predicted octanol–water partition coefficient (Wildman–Crippen LogP) is 2.00. The highest BCUT2D eigenvalue weighted by atomic mass is 35.5. The zero-order chi connectivity index (χ0) is 19.0. The minimum Gasteiger partial charge on any atom is -0.340 e. The highest BCUT2D eigenvalue weighted by Crippen LogP contribution is 2.33. The van der Waals surface area contributed by atoms with Gasteiger partial charge in [0.1, 0.15) is 5.82 Å². The monoisotopic (exact) mass is 431 g/mol. The zero-order valence-electron chi connectivity index (χ0n) is 15.7. The standard InChI is InChI=1S/C19H26FN3O3S.ClH/c20-15-1-5-18(6-2-15)27(25,26)23-9-7-22(8-10-23)19(24)13-14-11-16-3-4-17(12-14)21-16;/h1-2,5-6,14,16-17,21H,3-4,7-13H2;1H. The molecular formula is C19H27ClFN3O3S. The number of piperidine rings is 1. The summed E-state index contributed by atoms with van der Waals surface area (Å²) in [7, 11) is -3.64. The fourth-order valence-electron chi connectivity index (χ4n) is 4.65. The van der Waals surface area contributed by atoms with Gasteiger partial charge < -0.3 is 10.2 Å². The summed E-state index contributed by atoms with van der Waals surface area (Å²) in [6, 6.07) is 6.01. The average Bonchev–Trinajstić information content (AvgIpc) is 3.00. The van der Waals surface area contributed by atoms with E-state index in [9.17, 15) is 17.6 Å². The van der Waals surface area contributed by atoms with Gasteiger partial charge in [-0.3, -0.25) is 4.79 Å². The van der Waals surface area contributed by atoms with E-state index >= 15 is 0 Å². The van der Waals surface area contributed by atoms with Crippen LogP contribution in [0.1, 0.15) is 32.1 Å². The number of carbonyl (C=O) groups is 1. The van der Waals surface area contributed by atoms with Gasteiger partial charge in [-0.05, 0) is 55.9 Å².